The number of esters is 2. The van der Waals surface area contributed by atoms with Gasteiger partial charge < -0.3 is 14.4 Å². The van der Waals surface area contributed by atoms with Gasteiger partial charge in [-0.15, -0.1) is 0 Å². The van der Waals surface area contributed by atoms with E-state index in [4.69, 9.17) is 9.47 Å². The maximum atomic E-state index is 12.6. The van der Waals surface area contributed by atoms with Crippen molar-refractivity contribution in [2.45, 2.75) is 0 Å². The molecule has 1 aliphatic heterocycles. The van der Waals surface area contributed by atoms with Crippen molar-refractivity contribution in [2.75, 3.05) is 19.1 Å². The Morgan fingerprint density at radius 2 is 1.87 bits per heavy atom. The highest BCUT2D eigenvalue weighted by Crippen LogP contribution is 2.33. The van der Waals surface area contributed by atoms with Gasteiger partial charge in [-0.25, -0.2) is 19.6 Å². The van der Waals surface area contributed by atoms with E-state index in [1.54, 1.807) is 29.4 Å². The van der Waals surface area contributed by atoms with Gasteiger partial charge in [0.15, 0.2) is 0 Å². The predicted molar refractivity (Wildman–Crippen MR) is 115 cm³/mol. The van der Waals surface area contributed by atoms with Gasteiger partial charge in [0.2, 0.25) is 0 Å². The van der Waals surface area contributed by atoms with E-state index in [1.807, 2.05) is 36.4 Å². The van der Waals surface area contributed by atoms with E-state index in [-0.39, 0.29) is 11.3 Å². The van der Waals surface area contributed by atoms with Crippen molar-refractivity contribution in [1.82, 2.24) is 9.97 Å². The number of pyridine rings is 1. The largest absolute Gasteiger partial charge is 0.465 e. The van der Waals surface area contributed by atoms with Gasteiger partial charge in [0.1, 0.15) is 21.1 Å². The van der Waals surface area contributed by atoms with Crippen LogP contribution in [0.1, 0.15) is 0 Å². The number of anilines is 1. The molecule has 0 N–H and O–H groups in total. The number of thiazole rings is 1. The van der Waals surface area contributed by atoms with E-state index in [0.717, 1.165) is 20.9 Å². The normalized spacial score (nSPS) is 13.5. The Kier molecular flexibility index (Phi) is 5.40. The highest BCUT2D eigenvalue weighted by molar-refractivity contribution is 7.21. The summed E-state index contributed by atoms with van der Waals surface area (Å²) in [4.78, 5) is 36.3. The topological polar surface area (TPSA) is 81.6 Å². The van der Waals surface area contributed by atoms with Crippen molar-refractivity contribution >= 4 is 39.3 Å². The fourth-order valence-corrected chi connectivity index (χ4v) is 3.95. The molecule has 0 amide bonds. The van der Waals surface area contributed by atoms with Crippen molar-refractivity contribution in [2.24, 2.45) is 0 Å². The number of allylic oxidation sites excluding steroid dienone is 2. The molecule has 0 saturated carbocycles. The van der Waals surface area contributed by atoms with E-state index in [9.17, 15) is 9.59 Å². The number of ether oxygens (including phenoxy) is 2. The Balaban J connectivity index is 1.83. The van der Waals surface area contributed by atoms with Gasteiger partial charge in [-0.2, -0.15) is 0 Å². The molecule has 1 aromatic carbocycles. The van der Waals surface area contributed by atoms with Crippen LogP contribution in [0.5, 0.6) is 0 Å². The zero-order chi connectivity index (χ0) is 21.1. The highest BCUT2D eigenvalue weighted by atomic mass is 32.1. The molecule has 0 radical (unpaired) electrons. The standard InChI is InChI=1S/C22H17N3O4S/c1-28-21(26)16-9-3-4-12-25(18(16)22(27)29-2)15-8-5-7-14(13-15)19-24-17-10-6-11-23-20(17)30-19/h3-13H,1-2H3. The van der Waals surface area contributed by atoms with Crippen LogP contribution in [0.25, 0.3) is 20.9 Å². The maximum absolute atomic E-state index is 12.6. The third-order valence-corrected chi connectivity index (χ3v) is 5.46. The number of aromatic nitrogens is 2. The first-order valence-corrected chi connectivity index (χ1v) is 9.81. The Hall–Kier alpha value is -3.78. The van der Waals surface area contributed by atoms with Crippen LogP contribution in [0, 0.1) is 0 Å². The molecule has 0 saturated heterocycles. The van der Waals surface area contributed by atoms with Crippen molar-refractivity contribution < 1.29 is 19.1 Å². The first kappa shape index (κ1) is 19.5. The summed E-state index contributed by atoms with van der Waals surface area (Å²) >= 11 is 1.48. The Labute approximate surface area is 176 Å². The second kappa shape index (κ2) is 8.30. The predicted octanol–water partition coefficient (Wildman–Crippen LogP) is 3.85. The number of hydrogen-bond donors (Lipinski definition) is 0. The monoisotopic (exact) mass is 419 g/mol. The third kappa shape index (κ3) is 3.60. The molecule has 0 spiro atoms. The third-order valence-electron chi connectivity index (χ3n) is 4.43. The summed E-state index contributed by atoms with van der Waals surface area (Å²) in [6.07, 6.45) is 8.35. The van der Waals surface area contributed by atoms with Crippen LogP contribution < -0.4 is 4.90 Å². The molecular weight excluding hydrogens is 402 g/mol. The number of carbonyl (C=O) groups is 2. The van der Waals surface area contributed by atoms with Crippen molar-refractivity contribution in [3.63, 3.8) is 0 Å². The summed E-state index contributed by atoms with van der Waals surface area (Å²) in [6.45, 7) is 0. The van der Waals surface area contributed by atoms with Crippen molar-refractivity contribution in [3.8, 4) is 10.6 Å². The Bertz CT molecular complexity index is 1190. The summed E-state index contributed by atoms with van der Waals surface area (Å²) in [5.41, 5.74) is 2.53. The molecule has 8 heteroatoms. The highest BCUT2D eigenvalue weighted by Gasteiger charge is 2.27. The average Bonchev–Trinajstić information content (AvgIpc) is 3.10. The molecule has 0 unspecified atom stereocenters. The van der Waals surface area contributed by atoms with Crippen LogP contribution in [0.4, 0.5) is 5.69 Å². The number of fused-ring (bicyclic) bond motifs is 1. The van der Waals surface area contributed by atoms with Gasteiger partial charge >= 0.3 is 11.9 Å². The average molecular weight is 419 g/mol. The van der Waals surface area contributed by atoms with E-state index in [2.05, 4.69) is 9.97 Å². The van der Waals surface area contributed by atoms with Crippen LogP contribution in [0.2, 0.25) is 0 Å². The van der Waals surface area contributed by atoms with Crippen LogP contribution >= 0.6 is 11.3 Å². The number of benzene rings is 1. The fraction of sp³-hybridized carbons (Fsp3) is 0.0909. The molecule has 3 aromatic rings. The first-order valence-electron chi connectivity index (χ1n) is 8.99. The van der Waals surface area contributed by atoms with Gasteiger partial charge in [-0.05, 0) is 36.4 Å². The van der Waals surface area contributed by atoms with Gasteiger partial charge in [0.05, 0.1) is 19.8 Å². The zero-order valence-corrected chi connectivity index (χ0v) is 17.1. The Morgan fingerprint density at radius 1 is 1.03 bits per heavy atom. The van der Waals surface area contributed by atoms with E-state index >= 15 is 0 Å². The summed E-state index contributed by atoms with van der Waals surface area (Å²) in [5, 5.41) is 0.805. The zero-order valence-electron chi connectivity index (χ0n) is 16.2. The summed E-state index contributed by atoms with van der Waals surface area (Å²) in [7, 11) is 2.54. The number of methoxy groups -OCH3 is 2. The Morgan fingerprint density at radius 3 is 2.63 bits per heavy atom. The molecule has 0 bridgehead atoms. The minimum Gasteiger partial charge on any atom is -0.465 e. The fourth-order valence-electron chi connectivity index (χ4n) is 3.05. The summed E-state index contributed by atoms with van der Waals surface area (Å²) in [6, 6.07) is 11.3. The van der Waals surface area contributed by atoms with E-state index < -0.39 is 11.9 Å². The number of rotatable bonds is 4. The number of carbonyl (C=O) groups excluding carboxylic acids is 2. The van der Waals surface area contributed by atoms with Crippen LogP contribution in [0.3, 0.4) is 0 Å². The molecule has 1 aliphatic rings. The SMILES string of the molecule is COC(=O)C1=C(C(=O)OC)N(c2cccc(-c3nc4cccnc4s3)c2)C=CC=C1. The summed E-state index contributed by atoms with van der Waals surface area (Å²) in [5.74, 6) is -1.28. The van der Waals surface area contributed by atoms with E-state index in [0.29, 0.717) is 5.69 Å². The lowest BCUT2D eigenvalue weighted by Crippen LogP contribution is -2.26. The molecule has 4 rings (SSSR count). The number of hydrogen-bond acceptors (Lipinski definition) is 8. The molecule has 150 valence electrons. The second-order valence-electron chi connectivity index (χ2n) is 6.21. The van der Waals surface area contributed by atoms with Crippen LogP contribution in [-0.4, -0.2) is 36.1 Å². The molecular formula is C22H17N3O4S. The molecule has 2 aromatic heterocycles. The van der Waals surface area contributed by atoms with E-state index in [1.165, 1.54) is 31.6 Å². The summed E-state index contributed by atoms with van der Waals surface area (Å²) < 4.78 is 9.80. The lowest BCUT2D eigenvalue weighted by Gasteiger charge is -2.23. The van der Waals surface area contributed by atoms with Gasteiger partial charge in [-0.3, -0.25) is 0 Å². The molecule has 0 atom stereocenters. The first-order chi connectivity index (χ1) is 14.6. The van der Waals surface area contributed by atoms with Crippen LogP contribution in [0.15, 0.2) is 78.3 Å². The van der Waals surface area contributed by atoms with Gasteiger partial charge in [-0.1, -0.05) is 29.5 Å². The minimum atomic E-state index is -0.652. The lowest BCUT2D eigenvalue weighted by molar-refractivity contribution is -0.139. The quantitative estimate of drug-likeness (QED) is 0.594. The van der Waals surface area contributed by atoms with Crippen molar-refractivity contribution in [3.05, 3.63) is 78.3 Å². The van der Waals surface area contributed by atoms with Gasteiger partial charge in [0.25, 0.3) is 0 Å². The minimum absolute atomic E-state index is 0.0671. The van der Waals surface area contributed by atoms with Crippen LogP contribution in [-0.2, 0) is 19.1 Å². The second-order valence-corrected chi connectivity index (χ2v) is 7.19. The molecule has 3 heterocycles. The number of nitrogens with zero attached hydrogens (tertiary/aromatic N) is 3. The smallest absolute Gasteiger partial charge is 0.355 e. The molecule has 0 aliphatic carbocycles. The molecule has 0 fully saturated rings. The lowest BCUT2D eigenvalue weighted by atomic mass is 10.1. The maximum Gasteiger partial charge on any atom is 0.355 e. The molecule has 30 heavy (non-hydrogen) atoms. The van der Waals surface area contributed by atoms with Crippen molar-refractivity contribution in [1.29, 1.82) is 0 Å². The van der Waals surface area contributed by atoms with Gasteiger partial charge in [0, 0.05) is 23.6 Å². The molecule has 7 nitrogen and oxygen atoms in total.